The van der Waals surface area contributed by atoms with E-state index < -0.39 is 6.10 Å². The normalized spacial score (nSPS) is 22.4. The Morgan fingerprint density at radius 1 is 1.22 bits per heavy atom. The first-order valence-corrected chi connectivity index (χ1v) is 9.86. The standard InChI is InChI=1S/C19H24ClN5O2/c1-4-14(13-10-7-11-23(13)2)27-17-15-16(21-18(20)22-17)25(19(26)24(15)3)12-8-5-6-9-12/h1,12-14H,5-11H2,2-3H3/t13-,14-/m0/s1. The number of imidazole rings is 1. The van der Waals surface area contributed by atoms with E-state index in [9.17, 15) is 4.79 Å². The number of hydrogen-bond donors (Lipinski definition) is 0. The number of hydrogen-bond acceptors (Lipinski definition) is 5. The molecule has 1 saturated heterocycles. The maximum Gasteiger partial charge on any atom is 0.330 e. The Morgan fingerprint density at radius 2 is 1.96 bits per heavy atom. The summed E-state index contributed by atoms with van der Waals surface area (Å²) in [6.45, 7) is 0.989. The molecule has 0 bridgehead atoms. The predicted octanol–water partition coefficient (Wildman–Crippen LogP) is 2.37. The monoisotopic (exact) mass is 389 g/mol. The molecule has 0 N–H and O–H groups in total. The van der Waals surface area contributed by atoms with E-state index >= 15 is 0 Å². The lowest BCUT2D eigenvalue weighted by Crippen LogP contribution is -2.39. The van der Waals surface area contributed by atoms with Crippen molar-refractivity contribution in [3.8, 4) is 18.2 Å². The first-order chi connectivity index (χ1) is 13.0. The molecule has 8 heteroatoms. The molecule has 2 aliphatic rings. The van der Waals surface area contributed by atoms with Crippen LogP contribution >= 0.6 is 11.6 Å². The van der Waals surface area contributed by atoms with Crippen LogP contribution in [-0.4, -0.2) is 49.7 Å². The molecule has 144 valence electrons. The van der Waals surface area contributed by atoms with Gasteiger partial charge in [-0.2, -0.15) is 9.97 Å². The van der Waals surface area contributed by atoms with E-state index in [0.717, 1.165) is 45.1 Å². The third-order valence-corrected chi connectivity index (χ3v) is 6.05. The third-order valence-electron chi connectivity index (χ3n) is 5.88. The van der Waals surface area contributed by atoms with Crippen molar-refractivity contribution in [1.82, 2.24) is 24.0 Å². The summed E-state index contributed by atoms with van der Waals surface area (Å²) in [5, 5.41) is 0.0606. The van der Waals surface area contributed by atoms with Crippen molar-refractivity contribution in [3.63, 3.8) is 0 Å². The van der Waals surface area contributed by atoms with Crippen molar-refractivity contribution in [1.29, 1.82) is 0 Å². The molecule has 3 heterocycles. The molecule has 0 spiro atoms. The fourth-order valence-electron chi connectivity index (χ4n) is 4.44. The number of ether oxygens (including phenoxy) is 1. The van der Waals surface area contributed by atoms with E-state index in [1.165, 1.54) is 0 Å². The van der Waals surface area contributed by atoms with E-state index in [1.54, 1.807) is 16.2 Å². The molecule has 2 atom stereocenters. The van der Waals surface area contributed by atoms with Crippen molar-refractivity contribution in [2.24, 2.45) is 7.05 Å². The average molecular weight is 390 g/mol. The zero-order valence-electron chi connectivity index (χ0n) is 15.7. The van der Waals surface area contributed by atoms with Crippen LogP contribution in [0.15, 0.2) is 4.79 Å². The van der Waals surface area contributed by atoms with Gasteiger partial charge in [0.25, 0.3) is 0 Å². The number of fused-ring (bicyclic) bond motifs is 1. The van der Waals surface area contributed by atoms with E-state index in [0.29, 0.717) is 11.2 Å². The van der Waals surface area contributed by atoms with Gasteiger partial charge in [-0.05, 0) is 50.9 Å². The Balaban J connectivity index is 1.80. The summed E-state index contributed by atoms with van der Waals surface area (Å²) in [6.07, 6.45) is 11.5. The molecule has 2 aromatic rings. The quantitative estimate of drug-likeness (QED) is 0.593. The third kappa shape index (κ3) is 3.11. The van der Waals surface area contributed by atoms with Gasteiger partial charge < -0.3 is 4.74 Å². The summed E-state index contributed by atoms with van der Waals surface area (Å²) in [4.78, 5) is 23.7. The number of aryl methyl sites for hydroxylation is 1. The molecule has 0 aromatic carbocycles. The first kappa shape index (κ1) is 18.3. The summed E-state index contributed by atoms with van der Waals surface area (Å²) in [5.74, 6) is 3.02. The van der Waals surface area contributed by atoms with Gasteiger partial charge in [0.15, 0.2) is 17.3 Å². The molecule has 1 aliphatic heterocycles. The second kappa shape index (κ2) is 7.17. The number of likely N-dealkylation sites (tertiary alicyclic amines) is 1. The molecule has 0 amide bonds. The van der Waals surface area contributed by atoms with Crippen LogP contribution in [0.4, 0.5) is 0 Å². The van der Waals surface area contributed by atoms with Crippen molar-refractivity contribution < 1.29 is 4.74 Å². The molecule has 27 heavy (non-hydrogen) atoms. The second-order valence-electron chi connectivity index (χ2n) is 7.52. The van der Waals surface area contributed by atoms with Gasteiger partial charge in [0.1, 0.15) is 0 Å². The van der Waals surface area contributed by atoms with E-state index in [-0.39, 0.29) is 28.9 Å². The van der Waals surface area contributed by atoms with Gasteiger partial charge in [-0.1, -0.05) is 18.8 Å². The molecule has 2 aromatic heterocycles. The summed E-state index contributed by atoms with van der Waals surface area (Å²) < 4.78 is 9.43. The molecular weight excluding hydrogens is 366 g/mol. The van der Waals surface area contributed by atoms with Crippen LogP contribution in [-0.2, 0) is 7.05 Å². The molecule has 1 saturated carbocycles. The number of likely N-dealkylation sites (N-methyl/N-ethyl adjacent to an activating group) is 1. The molecule has 7 nitrogen and oxygen atoms in total. The highest BCUT2D eigenvalue weighted by molar-refractivity contribution is 6.28. The minimum Gasteiger partial charge on any atom is -0.458 e. The van der Waals surface area contributed by atoms with Gasteiger partial charge in [-0.3, -0.25) is 14.0 Å². The van der Waals surface area contributed by atoms with E-state index in [4.69, 9.17) is 22.8 Å². The lowest BCUT2D eigenvalue weighted by Gasteiger charge is -2.25. The molecule has 2 fully saturated rings. The number of halogens is 1. The van der Waals surface area contributed by atoms with Gasteiger partial charge in [-0.15, -0.1) is 6.42 Å². The van der Waals surface area contributed by atoms with Gasteiger partial charge in [0.05, 0.1) is 6.04 Å². The maximum atomic E-state index is 12.9. The van der Waals surface area contributed by atoms with Gasteiger partial charge in [-0.25, -0.2) is 4.79 Å². The minimum atomic E-state index is -0.461. The lowest BCUT2D eigenvalue weighted by atomic mass is 10.1. The predicted molar refractivity (Wildman–Crippen MR) is 104 cm³/mol. The highest BCUT2D eigenvalue weighted by Crippen LogP contribution is 2.33. The van der Waals surface area contributed by atoms with Gasteiger partial charge in [0, 0.05) is 13.1 Å². The van der Waals surface area contributed by atoms with Crippen LogP contribution in [0.1, 0.15) is 44.6 Å². The van der Waals surface area contributed by atoms with Crippen molar-refractivity contribution in [3.05, 3.63) is 15.8 Å². The smallest absolute Gasteiger partial charge is 0.330 e. The summed E-state index contributed by atoms with van der Waals surface area (Å²) in [7, 11) is 3.76. The number of aromatic nitrogens is 4. The topological polar surface area (TPSA) is 65.2 Å². The molecule has 0 unspecified atom stereocenters. The molecule has 0 radical (unpaired) electrons. The molecule has 1 aliphatic carbocycles. The minimum absolute atomic E-state index is 0.0606. The summed E-state index contributed by atoms with van der Waals surface area (Å²) in [6, 6.07) is 0.261. The highest BCUT2D eigenvalue weighted by atomic mass is 35.5. The Morgan fingerprint density at radius 3 is 2.59 bits per heavy atom. The second-order valence-corrected chi connectivity index (χ2v) is 7.85. The zero-order chi connectivity index (χ0) is 19.1. The lowest BCUT2D eigenvalue weighted by molar-refractivity contribution is 0.146. The number of nitrogens with zero attached hydrogens (tertiary/aromatic N) is 5. The number of terminal acetylenes is 1. The van der Waals surface area contributed by atoms with Crippen molar-refractivity contribution in [2.45, 2.75) is 56.7 Å². The molecular formula is C19H24ClN5O2. The largest absolute Gasteiger partial charge is 0.458 e. The van der Waals surface area contributed by atoms with Crippen LogP contribution in [0.5, 0.6) is 5.88 Å². The highest BCUT2D eigenvalue weighted by Gasteiger charge is 2.32. The Labute approximate surface area is 163 Å². The Hall–Kier alpha value is -2.04. The Kier molecular flexibility index (Phi) is 4.87. The van der Waals surface area contributed by atoms with E-state index in [2.05, 4.69) is 20.8 Å². The molecule has 4 rings (SSSR count). The van der Waals surface area contributed by atoms with Crippen LogP contribution in [0.2, 0.25) is 5.28 Å². The van der Waals surface area contributed by atoms with E-state index in [1.807, 2.05) is 7.05 Å². The van der Waals surface area contributed by atoms with Gasteiger partial charge in [0.2, 0.25) is 11.2 Å². The SMILES string of the molecule is C#C[C@H](Oc1nc(Cl)nc2c1n(C)c(=O)n2C1CCCC1)[C@@H]1CCCN1C. The summed E-state index contributed by atoms with van der Waals surface area (Å²) >= 11 is 6.19. The number of rotatable bonds is 4. The fraction of sp³-hybridized carbons (Fsp3) is 0.632. The van der Waals surface area contributed by atoms with Crippen LogP contribution < -0.4 is 10.4 Å². The van der Waals surface area contributed by atoms with Crippen LogP contribution in [0.3, 0.4) is 0 Å². The Bertz CT molecular complexity index is 954. The average Bonchev–Trinajstić information content (AvgIpc) is 3.35. The zero-order valence-corrected chi connectivity index (χ0v) is 16.4. The first-order valence-electron chi connectivity index (χ1n) is 9.48. The van der Waals surface area contributed by atoms with Crippen molar-refractivity contribution in [2.75, 3.05) is 13.6 Å². The van der Waals surface area contributed by atoms with Crippen LogP contribution in [0, 0.1) is 12.3 Å². The van der Waals surface area contributed by atoms with Gasteiger partial charge >= 0.3 is 5.69 Å². The van der Waals surface area contributed by atoms with Crippen molar-refractivity contribution >= 4 is 22.8 Å². The summed E-state index contributed by atoms with van der Waals surface area (Å²) in [5.41, 5.74) is 0.964. The maximum absolute atomic E-state index is 12.9. The van der Waals surface area contributed by atoms with Crippen LogP contribution in [0.25, 0.3) is 11.2 Å². The fourth-order valence-corrected chi connectivity index (χ4v) is 4.60.